The Morgan fingerprint density at radius 2 is 1.44 bits per heavy atom. The Labute approximate surface area is 87.2 Å². The zero-order valence-corrected chi connectivity index (χ0v) is 8.29. The van der Waals surface area contributed by atoms with Crippen LogP contribution in [-0.4, -0.2) is 29.7 Å². The van der Waals surface area contributed by atoms with Gasteiger partial charge < -0.3 is 5.11 Å². The summed E-state index contributed by atoms with van der Waals surface area (Å²) in [5.74, 6) is -13.4. The fourth-order valence-corrected chi connectivity index (χ4v) is 1.15. The summed E-state index contributed by atoms with van der Waals surface area (Å²) in [6.07, 6.45) is -7.29. The van der Waals surface area contributed by atoms with Gasteiger partial charge in [-0.1, -0.05) is 0 Å². The quantitative estimate of drug-likeness (QED) is 0.749. The number of hydrogen-bond donors (Lipinski definition) is 1. The lowest BCUT2D eigenvalue weighted by molar-refractivity contribution is -0.302. The molecule has 0 aromatic heterocycles. The summed E-state index contributed by atoms with van der Waals surface area (Å²) in [6, 6.07) is 0. The number of rotatable bonds is 5. The number of aliphatic hydroxyl groups excluding tert-OH is 1. The monoisotopic (exact) mass is 256 g/mol. The summed E-state index contributed by atoms with van der Waals surface area (Å²) in [6.45, 7) is -1.03. The van der Waals surface area contributed by atoms with Gasteiger partial charge in [0.25, 0.3) is 0 Å². The fraction of sp³-hybridized carbons (Fsp3) is 1.00. The molecule has 0 aromatic rings. The first kappa shape index (κ1) is 15.5. The van der Waals surface area contributed by atoms with Crippen molar-refractivity contribution in [1.82, 2.24) is 0 Å². The summed E-state index contributed by atoms with van der Waals surface area (Å²) in [4.78, 5) is 0. The van der Waals surface area contributed by atoms with Crippen LogP contribution in [-0.2, 0) is 0 Å². The van der Waals surface area contributed by atoms with Gasteiger partial charge in [0.2, 0.25) is 0 Å². The molecule has 0 aromatic carbocycles. The number of halogens is 7. The number of aliphatic hydroxyl groups is 1. The molecule has 0 radical (unpaired) electrons. The van der Waals surface area contributed by atoms with Crippen molar-refractivity contribution in [3.63, 3.8) is 0 Å². The van der Waals surface area contributed by atoms with Crippen LogP contribution in [0.2, 0.25) is 0 Å². The van der Waals surface area contributed by atoms with Crippen molar-refractivity contribution in [2.24, 2.45) is 5.92 Å². The Morgan fingerprint density at radius 1 is 1.00 bits per heavy atom. The van der Waals surface area contributed by atoms with Crippen LogP contribution in [0, 0.1) is 5.92 Å². The normalized spacial score (nSPS) is 16.3. The largest absolute Gasteiger partial charge is 0.397 e. The summed E-state index contributed by atoms with van der Waals surface area (Å²) in [5.41, 5.74) is 0. The first-order valence-corrected chi connectivity index (χ1v) is 4.37. The second-order valence-corrected chi connectivity index (χ2v) is 3.47. The second kappa shape index (κ2) is 4.77. The highest BCUT2D eigenvalue weighted by Gasteiger charge is 2.65. The van der Waals surface area contributed by atoms with Gasteiger partial charge in [-0.3, -0.25) is 0 Å². The molecular formula is C8H11F7O. The molecule has 0 bridgehead atoms. The average Bonchev–Trinajstić information content (AvgIpc) is 1.99. The minimum atomic E-state index is -5.43. The van der Waals surface area contributed by atoms with Gasteiger partial charge in [0, 0.05) is 13.5 Å². The molecule has 16 heavy (non-hydrogen) atoms. The Kier molecular flexibility index (Phi) is 4.61. The molecule has 1 nitrogen and oxygen atoms in total. The number of hydrogen-bond acceptors (Lipinski definition) is 1. The zero-order chi connectivity index (χ0) is 13.2. The van der Waals surface area contributed by atoms with Crippen molar-refractivity contribution in [2.45, 2.75) is 37.8 Å². The molecule has 0 aliphatic rings. The van der Waals surface area contributed by atoms with E-state index in [-0.39, 0.29) is 6.92 Å². The highest BCUT2D eigenvalue weighted by molar-refractivity contribution is 4.91. The van der Waals surface area contributed by atoms with Crippen molar-refractivity contribution >= 4 is 0 Å². The third-order valence-electron chi connectivity index (χ3n) is 2.07. The van der Waals surface area contributed by atoms with Crippen molar-refractivity contribution in [3.8, 4) is 0 Å². The van der Waals surface area contributed by atoms with E-state index in [2.05, 4.69) is 0 Å². The molecule has 0 heterocycles. The Hall–Kier alpha value is -0.530. The van der Waals surface area contributed by atoms with Gasteiger partial charge in [0.05, 0.1) is 0 Å². The molecular weight excluding hydrogens is 245 g/mol. The van der Waals surface area contributed by atoms with Crippen LogP contribution >= 0.6 is 0 Å². The first-order valence-electron chi connectivity index (χ1n) is 4.37. The van der Waals surface area contributed by atoms with E-state index in [4.69, 9.17) is 5.11 Å². The van der Waals surface area contributed by atoms with Crippen molar-refractivity contribution in [1.29, 1.82) is 0 Å². The van der Waals surface area contributed by atoms with Gasteiger partial charge in [-0.2, -0.15) is 22.0 Å². The number of alkyl halides is 7. The van der Waals surface area contributed by atoms with Crippen LogP contribution in [0.5, 0.6) is 0 Å². The minimum absolute atomic E-state index is 0.259. The predicted molar refractivity (Wildman–Crippen MR) is 41.4 cm³/mol. The van der Waals surface area contributed by atoms with Crippen LogP contribution in [0.25, 0.3) is 0 Å². The van der Waals surface area contributed by atoms with E-state index in [9.17, 15) is 30.7 Å². The van der Waals surface area contributed by atoms with Gasteiger partial charge in [-0.25, -0.2) is 8.78 Å². The molecule has 0 aliphatic heterocycles. The second-order valence-electron chi connectivity index (χ2n) is 3.47. The van der Waals surface area contributed by atoms with E-state index in [1.807, 2.05) is 0 Å². The smallest absolute Gasteiger partial charge is 0.396 e. The van der Waals surface area contributed by atoms with Crippen molar-refractivity contribution in [2.75, 3.05) is 6.61 Å². The maximum Gasteiger partial charge on any atom is 0.397 e. The van der Waals surface area contributed by atoms with Crippen LogP contribution in [0.15, 0.2) is 0 Å². The highest BCUT2D eigenvalue weighted by Crippen LogP contribution is 2.48. The maximum absolute atomic E-state index is 12.9. The summed E-state index contributed by atoms with van der Waals surface area (Å²) in [5, 5.41) is 8.25. The first-order chi connectivity index (χ1) is 6.94. The molecule has 0 amide bonds. The van der Waals surface area contributed by atoms with Gasteiger partial charge in [-0.15, -0.1) is 0 Å². The summed E-state index contributed by atoms with van der Waals surface area (Å²) in [7, 11) is 0. The van der Waals surface area contributed by atoms with E-state index in [0.717, 1.165) is 0 Å². The van der Waals surface area contributed by atoms with E-state index in [1.54, 1.807) is 0 Å². The Morgan fingerprint density at radius 3 is 1.69 bits per heavy atom. The molecule has 0 saturated carbocycles. The van der Waals surface area contributed by atoms with Crippen molar-refractivity contribution in [3.05, 3.63) is 0 Å². The molecule has 1 atom stereocenters. The van der Waals surface area contributed by atoms with Gasteiger partial charge in [-0.05, 0) is 12.8 Å². The van der Waals surface area contributed by atoms with Crippen LogP contribution in [0.4, 0.5) is 30.7 Å². The van der Waals surface area contributed by atoms with Crippen molar-refractivity contribution < 1.29 is 35.8 Å². The summed E-state index contributed by atoms with van der Waals surface area (Å²) >= 11 is 0. The Bertz CT molecular complexity index is 217. The lowest BCUT2D eigenvalue weighted by atomic mass is 9.91. The maximum atomic E-state index is 12.9. The van der Waals surface area contributed by atoms with E-state index in [0.29, 0.717) is 0 Å². The third-order valence-corrected chi connectivity index (χ3v) is 2.07. The molecule has 0 fully saturated rings. The standard InChI is InChI=1S/C8H11F7O/c1-6(9,10)7(11,12)5(3-2-4-16)8(13,14)15/h5,16H,2-4H2,1H3/t5-/m1/s1. The van der Waals surface area contributed by atoms with Crippen LogP contribution in [0.1, 0.15) is 19.8 Å². The van der Waals surface area contributed by atoms with E-state index < -0.39 is 43.4 Å². The molecule has 0 spiro atoms. The van der Waals surface area contributed by atoms with Gasteiger partial charge in [0.1, 0.15) is 5.92 Å². The van der Waals surface area contributed by atoms with E-state index >= 15 is 0 Å². The van der Waals surface area contributed by atoms with E-state index in [1.165, 1.54) is 0 Å². The molecule has 0 unspecified atom stereocenters. The third kappa shape index (κ3) is 3.50. The van der Waals surface area contributed by atoms with Crippen LogP contribution < -0.4 is 0 Å². The predicted octanol–water partition coefficient (Wildman–Crippen LogP) is 3.23. The zero-order valence-electron chi connectivity index (χ0n) is 8.29. The SMILES string of the molecule is CC(F)(F)C(F)(F)[C@@H](CCCO)C(F)(F)F. The topological polar surface area (TPSA) is 20.2 Å². The molecule has 1 N–H and O–H groups in total. The molecule has 0 rings (SSSR count). The lowest BCUT2D eigenvalue weighted by Gasteiger charge is -2.32. The fourth-order valence-electron chi connectivity index (χ4n) is 1.15. The lowest BCUT2D eigenvalue weighted by Crippen LogP contribution is -2.50. The van der Waals surface area contributed by atoms with Gasteiger partial charge in [0.15, 0.2) is 0 Å². The Balaban J connectivity index is 5.03. The highest BCUT2D eigenvalue weighted by atomic mass is 19.4. The molecule has 0 saturated heterocycles. The molecule has 0 aliphatic carbocycles. The van der Waals surface area contributed by atoms with Gasteiger partial charge >= 0.3 is 18.0 Å². The molecule has 98 valence electrons. The van der Waals surface area contributed by atoms with Crippen LogP contribution in [0.3, 0.4) is 0 Å². The molecule has 8 heteroatoms. The average molecular weight is 256 g/mol. The minimum Gasteiger partial charge on any atom is -0.396 e. The summed E-state index contributed by atoms with van der Waals surface area (Å²) < 4.78 is 87.0.